The van der Waals surface area contributed by atoms with Crippen LogP contribution in [0.1, 0.15) is 26.3 Å². The summed E-state index contributed by atoms with van der Waals surface area (Å²) in [7, 11) is 3.42. The van der Waals surface area contributed by atoms with Gasteiger partial charge >= 0.3 is 18.0 Å². The average Bonchev–Trinajstić information content (AvgIpc) is 3.67. The van der Waals surface area contributed by atoms with Gasteiger partial charge in [0.25, 0.3) is 0 Å². The Balaban J connectivity index is 1.18. The van der Waals surface area contributed by atoms with Crippen molar-refractivity contribution in [1.82, 2.24) is 39.1 Å². The molecule has 5 heterocycles. The van der Waals surface area contributed by atoms with E-state index in [1.54, 1.807) is 62.1 Å². The van der Waals surface area contributed by atoms with E-state index in [2.05, 4.69) is 25.3 Å². The molecule has 1 saturated heterocycles. The molecule has 1 N–H and O–H groups in total. The highest BCUT2D eigenvalue weighted by Crippen LogP contribution is 2.39. The number of amides is 1. The lowest BCUT2D eigenvalue weighted by atomic mass is 10.0. The first-order chi connectivity index (χ1) is 25.2. The number of carbonyl (C=O) groups excluding carboxylic acids is 1. The molecule has 53 heavy (non-hydrogen) atoms. The van der Waals surface area contributed by atoms with Crippen molar-refractivity contribution in [3.8, 4) is 28.1 Å². The van der Waals surface area contributed by atoms with Crippen molar-refractivity contribution in [3.05, 3.63) is 89.4 Å². The van der Waals surface area contributed by atoms with E-state index in [1.165, 1.54) is 15.2 Å². The second-order valence-corrected chi connectivity index (χ2v) is 14.2. The van der Waals surface area contributed by atoms with E-state index in [0.29, 0.717) is 61.2 Å². The van der Waals surface area contributed by atoms with Crippen molar-refractivity contribution < 1.29 is 22.7 Å². The molecule has 0 aliphatic carbocycles. The average molecular weight is 728 g/mol. The quantitative estimate of drug-likeness (QED) is 0.213. The fourth-order valence-corrected chi connectivity index (χ4v) is 6.71. The molecule has 12 nitrogen and oxygen atoms in total. The molecule has 0 radical (unpaired) electrons. The SMILES string of the molecule is Cn1cc(-c2ccc(-c3ccc4ncc5c(c4c3)n(-c3ccc(N4CCN(CCNC(=O)OC(C)(C)C)CC4)c(C(F)(F)F)c3)c(=O)n5C)cn2)cn1. The first-order valence-electron chi connectivity index (χ1n) is 17.3. The molecule has 6 aromatic rings. The Morgan fingerprint density at radius 3 is 2.30 bits per heavy atom. The number of aryl methyl sites for hydroxylation is 2. The second-order valence-electron chi connectivity index (χ2n) is 14.2. The molecule has 276 valence electrons. The number of imidazole rings is 1. The van der Waals surface area contributed by atoms with E-state index in [9.17, 15) is 22.8 Å². The maximum absolute atomic E-state index is 14.8. The summed E-state index contributed by atoms with van der Waals surface area (Å²) in [6.45, 7) is 8.01. The summed E-state index contributed by atoms with van der Waals surface area (Å²) >= 11 is 0. The molecule has 0 spiro atoms. The molecule has 0 bridgehead atoms. The Labute approximate surface area is 303 Å². The predicted octanol–water partition coefficient (Wildman–Crippen LogP) is 6.01. The Morgan fingerprint density at radius 1 is 0.887 bits per heavy atom. The molecule has 1 fully saturated rings. The zero-order chi connectivity index (χ0) is 37.7. The van der Waals surface area contributed by atoms with Gasteiger partial charge in [-0.25, -0.2) is 9.59 Å². The number of nitrogens with zero attached hydrogens (tertiary/aromatic N) is 8. The first-order valence-corrected chi connectivity index (χ1v) is 17.3. The van der Waals surface area contributed by atoms with Crippen molar-refractivity contribution in [1.29, 1.82) is 0 Å². The molecule has 0 unspecified atom stereocenters. The molecule has 7 rings (SSSR count). The van der Waals surface area contributed by atoms with Crippen molar-refractivity contribution in [2.24, 2.45) is 14.1 Å². The van der Waals surface area contributed by atoms with E-state index < -0.39 is 29.1 Å². The lowest BCUT2D eigenvalue weighted by molar-refractivity contribution is -0.137. The number of hydrogen-bond acceptors (Lipinski definition) is 8. The number of anilines is 1. The van der Waals surface area contributed by atoms with E-state index in [-0.39, 0.29) is 11.4 Å². The standard InChI is InChI=1S/C38H40F3N9O3/c1-37(2,3)53-35(51)42-12-13-48-14-16-49(17-15-48)32-11-8-27(19-29(32)38(39,40)41)50-34-28-18-24(6-10-31(28)44-22-33(34)47(5)36(50)52)25-7-9-30(43-20-25)26-21-45-46(4)23-26/h6-11,18-23H,12-17H2,1-5H3,(H,42,51). The molecular formula is C38H40F3N9O3. The lowest BCUT2D eigenvalue weighted by Crippen LogP contribution is -2.49. The van der Waals surface area contributed by atoms with Crippen LogP contribution in [-0.2, 0) is 25.0 Å². The zero-order valence-corrected chi connectivity index (χ0v) is 30.1. The van der Waals surface area contributed by atoms with Gasteiger partial charge in [-0.2, -0.15) is 18.3 Å². The van der Waals surface area contributed by atoms with Gasteiger partial charge in [0.1, 0.15) is 5.60 Å². The molecule has 1 aliphatic rings. The third kappa shape index (κ3) is 7.33. The highest BCUT2D eigenvalue weighted by molar-refractivity contribution is 6.04. The van der Waals surface area contributed by atoms with Gasteiger partial charge < -0.3 is 15.0 Å². The van der Waals surface area contributed by atoms with Crippen molar-refractivity contribution in [3.63, 3.8) is 0 Å². The normalized spacial score (nSPS) is 14.3. The summed E-state index contributed by atoms with van der Waals surface area (Å²) in [6, 6.07) is 13.6. The summed E-state index contributed by atoms with van der Waals surface area (Å²) in [5, 5.41) is 7.55. The second kappa shape index (κ2) is 13.7. The Kier molecular flexibility index (Phi) is 9.22. The topological polar surface area (TPSA) is 115 Å². The van der Waals surface area contributed by atoms with Crippen molar-refractivity contribution in [2.75, 3.05) is 44.2 Å². The van der Waals surface area contributed by atoms with Crippen LogP contribution in [0.5, 0.6) is 0 Å². The molecular weight excluding hydrogens is 687 g/mol. The summed E-state index contributed by atoms with van der Waals surface area (Å²) in [4.78, 5) is 38.8. The van der Waals surface area contributed by atoms with Crippen molar-refractivity contribution in [2.45, 2.75) is 32.5 Å². The van der Waals surface area contributed by atoms with E-state index >= 15 is 0 Å². The number of nitrogens with one attached hydrogen (secondary N) is 1. The van der Waals surface area contributed by atoms with E-state index in [0.717, 1.165) is 28.5 Å². The van der Waals surface area contributed by atoms with Crippen LogP contribution in [0.3, 0.4) is 0 Å². The minimum Gasteiger partial charge on any atom is -0.444 e. The number of pyridine rings is 2. The van der Waals surface area contributed by atoms with Gasteiger partial charge in [-0.1, -0.05) is 12.1 Å². The minimum absolute atomic E-state index is 0.0529. The number of alkyl halides is 3. The first kappa shape index (κ1) is 35.7. The highest BCUT2D eigenvalue weighted by Gasteiger charge is 2.36. The van der Waals surface area contributed by atoms with Gasteiger partial charge in [0.2, 0.25) is 0 Å². The number of piperazine rings is 1. The Bertz CT molecular complexity index is 2370. The smallest absolute Gasteiger partial charge is 0.418 e. The summed E-state index contributed by atoms with van der Waals surface area (Å²) in [5.41, 5.74) is 3.05. The van der Waals surface area contributed by atoms with E-state index in [1.807, 2.05) is 43.6 Å². The number of aromatic nitrogens is 6. The van der Waals surface area contributed by atoms with Gasteiger partial charge in [-0.15, -0.1) is 0 Å². The number of benzene rings is 2. The van der Waals surface area contributed by atoms with Crippen LogP contribution in [0.25, 0.3) is 50.0 Å². The van der Waals surface area contributed by atoms with Gasteiger partial charge in [-0.05, 0) is 62.7 Å². The number of rotatable bonds is 7. The van der Waals surface area contributed by atoms with Crippen LogP contribution in [0.2, 0.25) is 0 Å². The summed E-state index contributed by atoms with van der Waals surface area (Å²) in [6.07, 6.45) is 1.75. The number of ether oxygens (including phenoxy) is 1. The van der Waals surface area contributed by atoms with Crippen LogP contribution >= 0.6 is 0 Å². The maximum atomic E-state index is 14.8. The monoisotopic (exact) mass is 727 g/mol. The number of carbonyl (C=O) groups is 1. The minimum atomic E-state index is -4.68. The van der Waals surface area contributed by atoms with Gasteiger partial charge in [-0.3, -0.25) is 28.7 Å². The Hall–Kier alpha value is -5.70. The molecule has 0 saturated carbocycles. The maximum Gasteiger partial charge on any atom is 0.418 e. The fraction of sp³-hybridized carbons (Fsp3) is 0.342. The number of halogens is 3. The van der Waals surface area contributed by atoms with E-state index in [4.69, 9.17) is 4.74 Å². The zero-order valence-electron chi connectivity index (χ0n) is 30.1. The van der Waals surface area contributed by atoms with Crippen LogP contribution in [-0.4, -0.2) is 84.7 Å². The largest absolute Gasteiger partial charge is 0.444 e. The number of fused-ring (bicyclic) bond motifs is 3. The van der Waals surface area contributed by atoms with Gasteiger partial charge in [0.05, 0.1) is 45.9 Å². The van der Waals surface area contributed by atoms with Crippen LogP contribution < -0.4 is 15.9 Å². The molecule has 1 aliphatic heterocycles. The van der Waals surface area contributed by atoms with Crippen LogP contribution in [0.4, 0.5) is 23.7 Å². The highest BCUT2D eigenvalue weighted by atomic mass is 19.4. The third-order valence-electron chi connectivity index (χ3n) is 9.33. The third-order valence-corrected chi connectivity index (χ3v) is 9.33. The summed E-state index contributed by atoms with van der Waals surface area (Å²) in [5.74, 6) is 0. The molecule has 4 aromatic heterocycles. The predicted molar refractivity (Wildman–Crippen MR) is 197 cm³/mol. The Morgan fingerprint density at radius 2 is 1.64 bits per heavy atom. The fourth-order valence-electron chi connectivity index (χ4n) is 6.71. The number of alkyl carbamates (subject to hydrolysis) is 1. The van der Waals surface area contributed by atoms with Crippen LogP contribution in [0, 0.1) is 0 Å². The summed E-state index contributed by atoms with van der Waals surface area (Å²) < 4.78 is 54.1. The van der Waals surface area contributed by atoms with Crippen molar-refractivity contribution >= 4 is 33.7 Å². The molecule has 1 amide bonds. The van der Waals surface area contributed by atoms with Gasteiger partial charge in [0.15, 0.2) is 0 Å². The molecule has 15 heteroatoms. The molecule has 0 atom stereocenters. The van der Waals surface area contributed by atoms with Crippen LogP contribution in [0.15, 0.2) is 78.1 Å². The van der Waals surface area contributed by atoms with Gasteiger partial charge in [0, 0.05) is 88.0 Å². The number of hydrogen-bond donors (Lipinski definition) is 1. The molecule has 2 aromatic carbocycles. The lowest BCUT2D eigenvalue weighted by Gasteiger charge is -2.37.